The van der Waals surface area contributed by atoms with E-state index in [2.05, 4.69) is 9.71 Å². The Morgan fingerprint density at radius 2 is 1.87 bits per heavy atom. The van der Waals surface area contributed by atoms with Gasteiger partial charge in [0.15, 0.2) is 0 Å². The van der Waals surface area contributed by atoms with Gasteiger partial charge in [0.2, 0.25) is 10.0 Å². The maximum absolute atomic E-state index is 12.2. The fraction of sp³-hybridized carbons (Fsp3) is 0.176. The summed E-state index contributed by atoms with van der Waals surface area (Å²) in [6.07, 6.45) is 2.52. The molecule has 0 aliphatic heterocycles. The summed E-state index contributed by atoms with van der Waals surface area (Å²) in [5.41, 5.74) is 2.14. The van der Waals surface area contributed by atoms with E-state index in [0.717, 1.165) is 16.5 Å². The summed E-state index contributed by atoms with van der Waals surface area (Å²) in [5.74, 6) is 0.628. The predicted molar refractivity (Wildman–Crippen MR) is 90.2 cm³/mol. The molecule has 0 saturated heterocycles. The monoisotopic (exact) mass is 330 g/mol. The quantitative estimate of drug-likeness (QED) is 0.730. The van der Waals surface area contributed by atoms with Gasteiger partial charge in [-0.2, -0.15) is 0 Å². The molecule has 3 aromatic rings. The number of ether oxygens (including phenoxy) is 1. The third-order valence-corrected chi connectivity index (χ3v) is 5.17. The molecule has 1 heterocycles. The standard InChI is InChI=1S/C17H18N2O3S/c1-22-15-4-6-16(7-5-15)23(20,21)19-11-8-13-2-3-14-9-10-18-17(14)12-13/h2-7,9-10,12,18-19H,8,11H2,1H3. The average Bonchev–Trinajstić information content (AvgIpc) is 3.02. The van der Waals surface area contributed by atoms with Gasteiger partial charge < -0.3 is 9.72 Å². The fourth-order valence-electron chi connectivity index (χ4n) is 2.42. The highest BCUT2D eigenvalue weighted by molar-refractivity contribution is 7.89. The number of H-pyrrole nitrogens is 1. The van der Waals surface area contributed by atoms with Crippen molar-refractivity contribution in [2.45, 2.75) is 11.3 Å². The molecule has 0 unspecified atom stereocenters. The van der Waals surface area contributed by atoms with Crippen molar-refractivity contribution in [3.05, 3.63) is 60.3 Å². The molecular formula is C17H18N2O3S. The highest BCUT2D eigenvalue weighted by Crippen LogP contribution is 2.16. The second-order valence-corrected chi connectivity index (χ2v) is 6.99. The van der Waals surface area contributed by atoms with Gasteiger partial charge in [-0.25, -0.2) is 13.1 Å². The summed E-state index contributed by atoms with van der Waals surface area (Å²) in [7, 11) is -1.96. The second-order valence-electron chi connectivity index (χ2n) is 5.22. The summed E-state index contributed by atoms with van der Waals surface area (Å²) >= 11 is 0. The largest absolute Gasteiger partial charge is 0.497 e. The molecule has 0 atom stereocenters. The van der Waals surface area contributed by atoms with E-state index in [-0.39, 0.29) is 4.90 Å². The summed E-state index contributed by atoms with van der Waals surface area (Å²) in [4.78, 5) is 3.39. The molecule has 120 valence electrons. The van der Waals surface area contributed by atoms with Crippen molar-refractivity contribution < 1.29 is 13.2 Å². The van der Waals surface area contributed by atoms with Gasteiger partial charge in [0, 0.05) is 18.3 Å². The maximum Gasteiger partial charge on any atom is 0.240 e. The number of sulfonamides is 1. The number of hydrogen-bond donors (Lipinski definition) is 2. The lowest BCUT2D eigenvalue weighted by Crippen LogP contribution is -2.25. The van der Waals surface area contributed by atoms with Gasteiger partial charge in [0.25, 0.3) is 0 Å². The first-order valence-corrected chi connectivity index (χ1v) is 8.76. The van der Waals surface area contributed by atoms with Crippen LogP contribution in [0.25, 0.3) is 10.9 Å². The third kappa shape index (κ3) is 3.55. The van der Waals surface area contributed by atoms with E-state index in [4.69, 9.17) is 4.74 Å². The van der Waals surface area contributed by atoms with Crippen molar-refractivity contribution in [3.63, 3.8) is 0 Å². The lowest BCUT2D eigenvalue weighted by Gasteiger charge is -2.08. The van der Waals surface area contributed by atoms with Crippen LogP contribution in [-0.4, -0.2) is 27.1 Å². The molecule has 0 saturated carbocycles. The number of benzene rings is 2. The van der Waals surface area contributed by atoms with E-state index >= 15 is 0 Å². The SMILES string of the molecule is COc1ccc(S(=O)(=O)NCCc2ccc3cc[nH]c3c2)cc1. The molecule has 6 heteroatoms. The summed E-state index contributed by atoms with van der Waals surface area (Å²) in [6.45, 7) is 0.348. The predicted octanol–water partition coefficient (Wildman–Crippen LogP) is 2.70. The van der Waals surface area contributed by atoms with Crippen LogP contribution in [0.1, 0.15) is 5.56 Å². The molecular weight excluding hydrogens is 312 g/mol. The van der Waals surface area contributed by atoms with Gasteiger partial charge in [0.1, 0.15) is 5.75 Å². The molecule has 0 amide bonds. The molecule has 0 fully saturated rings. The third-order valence-electron chi connectivity index (χ3n) is 3.69. The molecule has 2 aromatic carbocycles. The van der Waals surface area contributed by atoms with Crippen LogP contribution in [0, 0.1) is 0 Å². The van der Waals surface area contributed by atoms with E-state index in [0.29, 0.717) is 18.7 Å². The lowest BCUT2D eigenvalue weighted by atomic mass is 10.1. The normalized spacial score (nSPS) is 11.7. The molecule has 0 spiro atoms. The molecule has 3 rings (SSSR count). The molecule has 0 aliphatic rings. The molecule has 0 radical (unpaired) electrons. The number of rotatable bonds is 6. The zero-order valence-corrected chi connectivity index (χ0v) is 13.6. The van der Waals surface area contributed by atoms with Crippen molar-refractivity contribution >= 4 is 20.9 Å². The number of aromatic nitrogens is 1. The Balaban J connectivity index is 1.64. The zero-order chi connectivity index (χ0) is 16.3. The van der Waals surface area contributed by atoms with Crippen LogP contribution in [-0.2, 0) is 16.4 Å². The minimum atomic E-state index is -3.50. The van der Waals surface area contributed by atoms with Crippen LogP contribution in [0.5, 0.6) is 5.75 Å². The van der Waals surface area contributed by atoms with Gasteiger partial charge in [0.05, 0.1) is 12.0 Å². The van der Waals surface area contributed by atoms with Crippen molar-refractivity contribution in [3.8, 4) is 5.75 Å². The van der Waals surface area contributed by atoms with Gasteiger partial charge >= 0.3 is 0 Å². The first-order valence-electron chi connectivity index (χ1n) is 7.28. The van der Waals surface area contributed by atoms with Gasteiger partial charge in [-0.15, -0.1) is 0 Å². The Hall–Kier alpha value is -2.31. The molecule has 5 nitrogen and oxygen atoms in total. The van der Waals surface area contributed by atoms with Crippen LogP contribution < -0.4 is 9.46 Å². The van der Waals surface area contributed by atoms with E-state index in [1.54, 1.807) is 19.2 Å². The minimum Gasteiger partial charge on any atom is -0.497 e. The first kappa shape index (κ1) is 15.6. The van der Waals surface area contributed by atoms with Gasteiger partial charge in [-0.3, -0.25) is 0 Å². The molecule has 0 bridgehead atoms. The van der Waals surface area contributed by atoms with E-state index in [9.17, 15) is 8.42 Å². The Morgan fingerprint density at radius 3 is 2.61 bits per heavy atom. The molecule has 2 N–H and O–H groups in total. The first-order chi connectivity index (χ1) is 11.1. The number of aromatic amines is 1. The van der Waals surface area contributed by atoms with Crippen LogP contribution in [0.15, 0.2) is 59.6 Å². The lowest BCUT2D eigenvalue weighted by molar-refractivity contribution is 0.414. The van der Waals surface area contributed by atoms with Crippen LogP contribution in [0.3, 0.4) is 0 Å². The highest BCUT2D eigenvalue weighted by Gasteiger charge is 2.13. The Bertz CT molecular complexity index is 899. The Morgan fingerprint density at radius 1 is 1.09 bits per heavy atom. The summed E-state index contributed by atoms with van der Waals surface area (Å²) < 4.78 is 32.1. The van der Waals surface area contributed by atoms with Gasteiger partial charge in [-0.1, -0.05) is 12.1 Å². The van der Waals surface area contributed by atoms with Crippen molar-refractivity contribution in [1.82, 2.24) is 9.71 Å². The number of methoxy groups -OCH3 is 1. The maximum atomic E-state index is 12.2. The summed E-state index contributed by atoms with van der Waals surface area (Å²) in [6, 6.07) is 14.4. The summed E-state index contributed by atoms with van der Waals surface area (Å²) in [5, 5.41) is 1.15. The Kier molecular flexibility index (Phi) is 4.36. The van der Waals surface area contributed by atoms with E-state index in [1.807, 2.05) is 30.5 Å². The second kappa shape index (κ2) is 6.44. The van der Waals surface area contributed by atoms with Gasteiger partial charge in [-0.05, 0) is 53.8 Å². The van der Waals surface area contributed by atoms with Crippen LogP contribution >= 0.6 is 0 Å². The molecule has 0 aliphatic carbocycles. The average molecular weight is 330 g/mol. The minimum absolute atomic E-state index is 0.234. The van der Waals surface area contributed by atoms with Crippen LogP contribution in [0.2, 0.25) is 0 Å². The van der Waals surface area contributed by atoms with Crippen molar-refractivity contribution in [2.75, 3.05) is 13.7 Å². The molecule has 1 aromatic heterocycles. The topological polar surface area (TPSA) is 71.2 Å². The number of hydrogen-bond acceptors (Lipinski definition) is 3. The van der Waals surface area contributed by atoms with Crippen molar-refractivity contribution in [1.29, 1.82) is 0 Å². The van der Waals surface area contributed by atoms with E-state index in [1.165, 1.54) is 12.1 Å². The Labute approximate surface area is 135 Å². The fourth-order valence-corrected chi connectivity index (χ4v) is 3.45. The smallest absolute Gasteiger partial charge is 0.240 e. The number of fused-ring (bicyclic) bond motifs is 1. The zero-order valence-electron chi connectivity index (χ0n) is 12.7. The van der Waals surface area contributed by atoms with Crippen LogP contribution in [0.4, 0.5) is 0 Å². The number of nitrogens with one attached hydrogen (secondary N) is 2. The van der Waals surface area contributed by atoms with Crippen molar-refractivity contribution in [2.24, 2.45) is 0 Å². The van der Waals surface area contributed by atoms with E-state index < -0.39 is 10.0 Å². The highest BCUT2D eigenvalue weighted by atomic mass is 32.2. The molecule has 23 heavy (non-hydrogen) atoms.